The highest BCUT2D eigenvalue weighted by molar-refractivity contribution is 5.85. The third-order valence-electron chi connectivity index (χ3n) is 9.95. The van der Waals surface area contributed by atoms with Gasteiger partial charge in [0, 0.05) is 6.04 Å². The van der Waals surface area contributed by atoms with Crippen molar-refractivity contribution in [2.75, 3.05) is 0 Å². The number of aryl methyl sites for hydroxylation is 2. The highest BCUT2D eigenvalue weighted by atomic mass is 16.4. The van der Waals surface area contributed by atoms with E-state index < -0.39 is 16.8 Å². The van der Waals surface area contributed by atoms with E-state index in [0.29, 0.717) is 33.2 Å². The molecule has 0 saturated carbocycles. The van der Waals surface area contributed by atoms with Crippen LogP contribution in [-0.4, -0.2) is 36.1 Å². The average Bonchev–Trinajstić information content (AvgIpc) is 3.81. The number of nitrogens with two attached hydrogens (primary N) is 1. The van der Waals surface area contributed by atoms with Gasteiger partial charge in [-0.05, 0) is 113 Å². The van der Waals surface area contributed by atoms with E-state index in [0.717, 1.165) is 33.4 Å². The number of carbonyl (C=O) groups excluding carboxylic acids is 1. The van der Waals surface area contributed by atoms with Gasteiger partial charge in [-0.2, -0.15) is 21.0 Å². The zero-order chi connectivity index (χ0) is 43.7. The molecule has 0 radical (unpaired) electrons. The van der Waals surface area contributed by atoms with Crippen molar-refractivity contribution in [1.82, 2.24) is 24.4 Å². The van der Waals surface area contributed by atoms with Crippen LogP contribution in [0.25, 0.3) is 22.1 Å². The molecule has 0 bridgehead atoms. The van der Waals surface area contributed by atoms with E-state index in [-0.39, 0.29) is 31.1 Å². The zero-order valence-electron chi connectivity index (χ0n) is 34.6. The van der Waals surface area contributed by atoms with E-state index in [2.05, 4.69) is 39.6 Å². The fourth-order valence-corrected chi connectivity index (χ4v) is 6.79. The van der Waals surface area contributed by atoms with Gasteiger partial charge in [0.05, 0.1) is 74.9 Å². The molecule has 1 amide bonds. The molecule has 59 heavy (non-hydrogen) atoms. The SMILES string of the molecule is Cc1cc(C(C)N)ccc1C(C)(C)C#N.Cc1cc(C(C)NC(=O)Cn2cnc3cccc(C#N)c32)ccc1C(C)(C)C#N.N#Cc1cccc2ncn(CC(=O)O)c12. The molecule has 2 atom stereocenters. The van der Waals surface area contributed by atoms with Crippen LogP contribution in [0.1, 0.15) is 98.1 Å². The number of aliphatic carboxylic acids is 1. The second-order valence-corrected chi connectivity index (χ2v) is 15.4. The molecular formula is C46H48N10O3. The third kappa shape index (κ3) is 10.6. The number of nitriles is 4. The average molecular weight is 789 g/mol. The Labute approximate surface area is 344 Å². The number of hydrogen-bond acceptors (Lipinski definition) is 9. The number of imidazole rings is 2. The van der Waals surface area contributed by atoms with Gasteiger partial charge in [0.25, 0.3) is 0 Å². The van der Waals surface area contributed by atoms with Crippen LogP contribution >= 0.6 is 0 Å². The lowest BCUT2D eigenvalue weighted by Gasteiger charge is -2.21. The van der Waals surface area contributed by atoms with Crippen molar-refractivity contribution in [3.05, 3.63) is 130 Å². The molecule has 6 rings (SSSR count). The number of benzene rings is 4. The predicted octanol–water partition coefficient (Wildman–Crippen LogP) is 7.70. The smallest absolute Gasteiger partial charge is 0.323 e. The van der Waals surface area contributed by atoms with E-state index in [4.69, 9.17) is 21.4 Å². The molecule has 0 spiro atoms. The van der Waals surface area contributed by atoms with Gasteiger partial charge in [-0.25, -0.2) is 9.97 Å². The second kappa shape index (κ2) is 18.7. The molecule has 2 unspecified atom stereocenters. The summed E-state index contributed by atoms with van der Waals surface area (Å²) >= 11 is 0. The second-order valence-electron chi connectivity index (χ2n) is 15.4. The van der Waals surface area contributed by atoms with Crippen LogP contribution in [0.5, 0.6) is 0 Å². The van der Waals surface area contributed by atoms with Crippen LogP contribution in [0.3, 0.4) is 0 Å². The first-order valence-corrected chi connectivity index (χ1v) is 18.9. The maximum absolute atomic E-state index is 12.6. The molecule has 2 aromatic heterocycles. The summed E-state index contributed by atoms with van der Waals surface area (Å²) in [4.78, 5) is 31.5. The Kier molecular flexibility index (Phi) is 14.1. The van der Waals surface area contributed by atoms with E-state index in [9.17, 15) is 20.1 Å². The van der Waals surface area contributed by atoms with Gasteiger partial charge in [-0.15, -0.1) is 0 Å². The van der Waals surface area contributed by atoms with Crippen LogP contribution in [0, 0.1) is 59.2 Å². The number of carbonyl (C=O) groups is 2. The summed E-state index contributed by atoms with van der Waals surface area (Å²) in [6.07, 6.45) is 3.01. The molecule has 0 fully saturated rings. The van der Waals surface area contributed by atoms with Gasteiger partial charge in [-0.1, -0.05) is 48.5 Å². The van der Waals surface area contributed by atoms with Gasteiger partial charge in [-0.3, -0.25) is 9.59 Å². The van der Waals surface area contributed by atoms with Crippen molar-refractivity contribution in [3.63, 3.8) is 0 Å². The number of rotatable bonds is 9. The maximum atomic E-state index is 12.6. The summed E-state index contributed by atoms with van der Waals surface area (Å²) in [7, 11) is 0. The van der Waals surface area contributed by atoms with Crippen molar-refractivity contribution in [2.45, 2.75) is 91.4 Å². The molecule has 0 aliphatic rings. The Morgan fingerprint density at radius 2 is 1.17 bits per heavy atom. The van der Waals surface area contributed by atoms with Crippen LogP contribution in [0.15, 0.2) is 85.5 Å². The lowest BCUT2D eigenvalue weighted by atomic mass is 9.82. The summed E-state index contributed by atoms with van der Waals surface area (Å²) in [6, 6.07) is 31.1. The summed E-state index contributed by atoms with van der Waals surface area (Å²) in [5, 5.41) is 48.3. The zero-order valence-corrected chi connectivity index (χ0v) is 34.6. The molecule has 0 aliphatic heterocycles. The first kappa shape index (κ1) is 44.4. The molecule has 0 aliphatic carbocycles. The number of nitrogens with zero attached hydrogens (tertiary/aromatic N) is 8. The molecule has 13 nitrogen and oxygen atoms in total. The molecular weight excluding hydrogens is 741 g/mol. The van der Waals surface area contributed by atoms with Gasteiger partial charge in [0.15, 0.2) is 0 Å². The molecule has 2 heterocycles. The highest BCUT2D eigenvalue weighted by Gasteiger charge is 2.23. The van der Waals surface area contributed by atoms with Gasteiger partial charge in [0.2, 0.25) is 5.91 Å². The van der Waals surface area contributed by atoms with Crippen molar-refractivity contribution in [1.29, 1.82) is 21.0 Å². The maximum Gasteiger partial charge on any atom is 0.323 e. The minimum absolute atomic E-state index is 0.0444. The van der Waals surface area contributed by atoms with E-state index in [1.165, 1.54) is 10.9 Å². The Morgan fingerprint density at radius 1 is 0.729 bits per heavy atom. The largest absolute Gasteiger partial charge is 0.480 e. The van der Waals surface area contributed by atoms with Crippen molar-refractivity contribution in [3.8, 4) is 24.3 Å². The fourth-order valence-electron chi connectivity index (χ4n) is 6.79. The molecule has 4 N–H and O–H groups in total. The first-order valence-electron chi connectivity index (χ1n) is 18.9. The predicted molar refractivity (Wildman–Crippen MR) is 225 cm³/mol. The topological polar surface area (TPSA) is 223 Å². The Balaban J connectivity index is 0.000000215. The van der Waals surface area contributed by atoms with Gasteiger partial charge >= 0.3 is 5.97 Å². The number of fused-ring (bicyclic) bond motifs is 2. The number of carboxylic acid groups (broad SMARTS) is 1. The van der Waals surface area contributed by atoms with Crippen LogP contribution in [-0.2, 0) is 33.5 Å². The minimum Gasteiger partial charge on any atom is -0.480 e. The van der Waals surface area contributed by atoms with E-state index >= 15 is 0 Å². The van der Waals surface area contributed by atoms with Crippen LogP contribution in [0.4, 0.5) is 0 Å². The van der Waals surface area contributed by atoms with Crippen molar-refractivity contribution >= 4 is 33.9 Å². The monoisotopic (exact) mass is 788 g/mol. The Hall–Kier alpha value is -7.32. The standard InChI is InChI=1S/C23H23N5O.C13H18N2.C10H7N3O2/c1-15-10-17(8-9-19(15)23(3,4)13-25)16(2)27-21(29)12-28-14-26-20-7-5-6-18(11-24)22(20)28;1-9-7-11(10(2)15)5-6-12(9)13(3,4)8-14;11-4-7-2-1-3-8-10(7)13(6-12-8)5-9(14)15/h5-10,14,16H,12H2,1-4H3,(H,27,29);5-7,10H,15H2,1-4H3;1-3,6H,5H2,(H,14,15). The Bertz CT molecular complexity index is 2680. The highest BCUT2D eigenvalue weighted by Crippen LogP contribution is 2.29. The molecule has 0 saturated heterocycles. The van der Waals surface area contributed by atoms with Gasteiger partial charge < -0.3 is 25.3 Å². The summed E-state index contributed by atoms with van der Waals surface area (Å²) < 4.78 is 3.15. The van der Waals surface area contributed by atoms with E-state index in [1.54, 1.807) is 41.2 Å². The number of hydrogen-bond donors (Lipinski definition) is 3. The summed E-state index contributed by atoms with van der Waals surface area (Å²) in [6.45, 7) is 15.4. The fraction of sp³-hybridized carbons (Fsp3) is 0.304. The molecule has 13 heteroatoms. The third-order valence-corrected chi connectivity index (χ3v) is 9.95. The van der Waals surface area contributed by atoms with Crippen LogP contribution in [0.2, 0.25) is 0 Å². The number of nitrogens with one attached hydrogen (secondary N) is 1. The summed E-state index contributed by atoms with van der Waals surface area (Å²) in [5.74, 6) is -1.12. The number of para-hydroxylation sites is 2. The number of aromatic nitrogens is 4. The summed E-state index contributed by atoms with van der Waals surface area (Å²) in [5.41, 5.74) is 14.6. The van der Waals surface area contributed by atoms with Crippen LogP contribution < -0.4 is 11.1 Å². The molecule has 300 valence electrons. The number of carboxylic acids is 1. The van der Waals surface area contributed by atoms with Crippen molar-refractivity contribution in [2.24, 2.45) is 5.73 Å². The normalized spacial score (nSPS) is 11.9. The molecule has 4 aromatic carbocycles. The lowest BCUT2D eigenvalue weighted by Crippen LogP contribution is -2.30. The minimum atomic E-state index is -0.956. The molecule has 6 aromatic rings. The van der Waals surface area contributed by atoms with Crippen molar-refractivity contribution < 1.29 is 14.7 Å². The first-order chi connectivity index (χ1) is 27.9. The lowest BCUT2D eigenvalue weighted by molar-refractivity contribution is -0.137. The quantitative estimate of drug-likeness (QED) is 0.129. The Morgan fingerprint density at radius 3 is 1.58 bits per heavy atom. The van der Waals surface area contributed by atoms with Gasteiger partial charge in [0.1, 0.15) is 25.2 Å². The number of amides is 1. The van der Waals surface area contributed by atoms with E-state index in [1.807, 2.05) is 97.9 Å².